The van der Waals surface area contributed by atoms with Crippen molar-refractivity contribution in [3.63, 3.8) is 0 Å². The number of nitrogens with one attached hydrogen (secondary N) is 1. The molecule has 2 N–H and O–H groups in total. The summed E-state index contributed by atoms with van der Waals surface area (Å²) in [6, 6.07) is 24.3. The van der Waals surface area contributed by atoms with Crippen LogP contribution in [0.4, 0.5) is 4.79 Å². The molecular weight excluding hydrogens is 572 g/mol. The average Bonchev–Trinajstić information content (AvgIpc) is 3.55. The van der Waals surface area contributed by atoms with Gasteiger partial charge in [-0.15, -0.1) is 0 Å². The minimum absolute atomic E-state index is 0.00744. The largest absolute Gasteiger partial charge is 0.445 e. The van der Waals surface area contributed by atoms with Gasteiger partial charge in [-0.2, -0.15) is 0 Å². The van der Waals surface area contributed by atoms with Crippen molar-refractivity contribution in [3.05, 3.63) is 108 Å². The van der Waals surface area contributed by atoms with Crippen LogP contribution >= 0.6 is 0 Å². The van der Waals surface area contributed by atoms with Gasteiger partial charge in [0.2, 0.25) is 0 Å². The van der Waals surface area contributed by atoms with Gasteiger partial charge in [0.05, 0.1) is 32.0 Å². The molecule has 3 atom stereocenters. The van der Waals surface area contributed by atoms with E-state index >= 15 is 0 Å². The molecule has 0 aliphatic carbocycles. The number of benzene rings is 3. The number of ether oxygens (including phenoxy) is 5. The van der Waals surface area contributed by atoms with Crippen LogP contribution in [0.1, 0.15) is 53.9 Å². The predicted molar refractivity (Wildman–Crippen MR) is 169 cm³/mol. The van der Waals surface area contributed by atoms with E-state index in [4.69, 9.17) is 23.7 Å². The van der Waals surface area contributed by atoms with Gasteiger partial charge in [0.1, 0.15) is 6.61 Å². The Bertz CT molecular complexity index is 1430. The van der Waals surface area contributed by atoms with Crippen LogP contribution in [0.15, 0.2) is 85.5 Å². The highest BCUT2D eigenvalue weighted by Gasteiger charge is 2.41. The van der Waals surface area contributed by atoms with E-state index in [1.807, 2.05) is 48.5 Å². The molecule has 3 unspecified atom stereocenters. The van der Waals surface area contributed by atoms with Gasteiger partial charge in [0, 0.05) is 51.0 Å². The quantitative estimate of drug-likeness (QED) is 0.283. The molecule has 3 aliphatic rings. The highest BCUT2D eigenvalue weighted by molar-refractivity contribution is 5.68. The Morgan fingerprint density at radius 3 is 2.42 bits per heavy atom. The summed E-state index contributed by atoms with van der Waals surface area (Å²) in [5.41, 5.74) is 5.89. The number of likely N-dealkylation sites (tertiary alicyclic amines) is 1. The van der Waals surface area contributed by atoms with Crippen LogP contribution in [0.3, 0.4) is 0 Å². The third kappa shape index (κ3) is 7.99. The fourth-order valence-electron chi connectivity index (χ4n) is 6.27. The summed E-state index contributed by atoms with van der Waals surface area (Å²) >= 11 is 0. The molecule has 3 heterocycles. The molecule has 9 heteroatoms. The average molecular weight is 615 g/mol. The number of aliphatic hydroxyl groups is 1. The lowest BCUT2D eigenvalue weighted by Crippen LogP contribution is -2.48. The van der Waals surface area contributed by atoms with Crippen molar-refractivity contribution in [2.75, 3.05) is 39.5 Å². The van der Waals surface area contributed by atoms with Crippen molar-refractivity contribution in [1.29, 1.82) is 0 Å². The second-order valence-corrected chi connectivity index (χ2v) is 11.8. The third-order valence-corrected chi connectivity index (χ3v) is 8.70. The van der Waals surface area contributed by atoms with Gasteiger partial charge >= 0.3 is 6.09 Å². The second kappa shape index (κ2) is 14.7. The van der Waals surface area contributed by atoms with Crippen molar-refractivity contribution in [1.82, 2.24) is 10.2 Å². The van der Waals surface area contributed by atoms with Gasteiger partial charge < -0.3 is 39.0 Å². The minimum atomic E-state index is -0.548. The number of carbonyl (C=O) groups excluding carboxylic acids is 1. The maximum absolute atomic E-state index is 11.9. The smallest absolute Gasteiger partial charge is 0.407 e. The Kier molecular flexibility index (Phi) is 10.2. The van der Waals surface area contributed by atoms with Crippen LogP contribution in [0.2, 0.25) is 0 Å². The van der Waals surface area contributed by atoms with Crippen molar-refractivity contribution >= 4 is 6.09 Å². The van der Waals surface area contributed by atoms with Crippen LogP contribution in [0, 0.1) is 0 Å². The van der Waals surface area contributed by atoms with Gasteiger partial charge in [-0.3, -0.25) is 0 Å². The van der Waals surface area contributed by atoms with Gasteiger partial charge in [0.25, 0.3) is 0 Å². The Hall–Kier alpha value is -3.57. The first kappa shape index (κ1) is 31.4. The van der Waals surface area contributed by atoms with Crippen LogP contribution in [-0.2, 0) is 36.8 Å². The van der Waals surface area contributed by atoms with Crippen LogP contribution in [0.25, 0.3) is 11.1 Å². The molecule has 3 aromatic rings. The molecule has 1 spiro atoms. The number of aliphatic hydroxyl groups excluding tert-OH is 1. The third-order valence-electron chi connectivity index (χ3n) is 8.70. The lowest BCUT2D eigenvalue weighted by Gasteiger charge is -2.41. The van der Waals surface area contributed by atoms with E-state index in [1.165, 1.54) is 6.08 Å². The normalized spacial score (nSPS) is 23.1. The molecule has 238 valence electrons. The molecule has 9 nitrogen and oxygen atoms in total. The molecule has 0 saturated carbocycles. The highest BCUT2D eigenvalue weighted by atomic mass is 16.7. The Morgan fingerprint density at radius 1 is 0.956 bits per heavy atom. The number of hydrogen-bond donors (Lipinski definition) is 2. The number of nitrogens with zero attached hydrogens (tertiary/aromatic N) is 1. The fourth-order valence-corrected chi connectivity index (χ4v) is 6.27. The van der Waals surface area contributed by atoms with E-state index in [0.717, 1.165) is 72.3 Å². The lowest BCUT2D eigenvalue weighted by molar-refractivity contribution is -0.255. The van der Waals surface area contributed by atoms with Crippen molar-refractivity contribution in [2.24, 2.45) is 0 Å². The zero-order valence-electron chi connectivity index (χ0n) is 25.6. The molecule has 1 amide bonds. The van der Waals surface area contributed by atoms with E-state index in [0.29, 0.717) is 19.8 Å². The lowest BCUT2D eigenvalue weighted by atomic mass is 9.97. The Morgan fingerprint density at radius 2 is 1.69 bits per heavy atom. The minimum Gasteiger partial charge on any atom is -0.445 e. The number of piperidine rings is 1. The Labute approximate surface area is 264 Å². The summed E-state index contributed by atoms with van der Waals surface area (Å²) in [7, 11) is 0. The molecule has 45 heavy (non-hydrogen) atoms. The summed E-state index contributed by atoms with van der Waals surface area (Å²) in [5, 5.41) is 12.3. The maximum atomic E-state index is 11.9. The van der Waals surface area contributed by atoms with Gasteiger partial charge in [0.15, 0.2) is 12.1 Å². The van der Waals surface area contributed by atoms with Crippen molar-refractivity contribution in [2.45, 2.75) is 56.7 Å². The number of rotatable bonds is 10. The van der Waals surface area contributed by atoms with Gasteiger partial charge in [-0.1, -0.05) is 73.3 Å². The molecule has 3 fully saturated rings. The molecular formula is C36H42N2O7. The number of amides is 1. The van der Waals surface area contributed by atoms with Crippen LogP contribution < -0.4 is 5.32 Å². The molecule has 0 aromatic heterocycles. The van der Waals surface area contributed by atoms with E-state index in [9.17, 15) is 9.90 Å². The van der Waals surface area contributed by atoms with E-state index in [-0.39, 0.29) is 25.4 Å². The highest BCUT2D eigenvalue weighted by Crippen LogP contribution is 2.40. The summed E-state index contributed by atoms with van der Waals surface area (Å²) < 4.78 is 30.2. The number of carbonyl (C=O) groups is 1. The van der Waals surface area contributed by atoms with Gasteiger partial charge in [-0.25, -0.2) is 4.79 Å². The first-order chi connectivity index (χ1) is 22.0. The zero-order valence-corrected chi connectivity index (χ0v) is 25.6. The molecule has 6 rings (SSSR count). The van der Waals surface area contributed by atoms with Crippen molar-refractivity contribution < 1.29 is 33.6 Å². The monoisotopic (exact) mass is 614 g/mol. The standard InChI is InChI=1S/C36H42N2O7/c1-2-17-41-35(40)37-23-27-5-3-6-29(20-27)30-7-4-8-31(21-30)34-44-32(22-33(45-34)28-11-9-26(25-39)10-12-28)24-38-15-13-36(14-16-38)42-18-19-43-36/h2-12,20-21,32-34,39H,1,13-19,22-25H2,(H,37,40). The van der Waals surface area contributed by atoms with E-state index in [1.54, 1.807) is 0 Å². The van der Waals surface area contributed by atoms with Crippen LogP contribution in [-0.4, -0.2) is 67.4 Å². The zero-order chi connectivity index (χ0) is 31.1. The predicted octanol–water partition coefficient (Wildman–Crippen LogP) is 5.64. The van der Waals surface area contributed by atoms with Crippen molar-refractivity contribution in [3.8, 4) is 11.1 Å². The van der Waals surface area contributed by atoms with Crippen LogP contribution in [0.5, 0.6) is 0 Å². The summed E-state index contributed by atoms with van der Waals surface area (Å²) in [6.07, 6.45) is 2.77. The molecule has 3 aliphatic heterocycles. The Balaban J connectivity index is 1.18. The van der Waals surface area contributed by atoms with Gasteiger partial charge in [-0.05, 0) is 39.9 Å². The molecule has 3 aromatic carbocycles. The van der Waals surface area contributed by atoms with E-state index in [2.05, 4.69) is 41.1 Å². The number of hydrogen-bond acceptors (Lipinski definition) is 8. The summed E-state index contributed by atoms with van der Waals surface area (Å²) in [6.45, 7) is 8.03. The first-order valence-electron chi connectivity index (χ1n) is 15.7. The second-order valence-electron chi connectivity index (χ2n) is 11.8. The fraction of sp³-hybridized carbons (Fsp3) is 0.417. The molecule has 3 saturated heterocycles. The topological polar surface area (TPSA) is 98.7 Å². The maximum Gasteiger partial charge on any atom is 0.407 e. The van der Waals surface area contributed by atoms with E-state index < -0.39 is 18.2 Å². The molecule has 0 radical (unpaired) electrons. The molecule has 0 bridgehead atoms. The number of alkyl carbamates (subject to hydrolysis) is 1. The SMILES string of the molecule is C=CCOC(=O)NCc1cccc(-c2cccc(C3OC(CN4CCC5(CC4)OCCO5)CC(c4ccc(CO)cc4)O3)c2)c1. The summed E-state index contributed by atoms with van der Waals surface area (Å²) in [4.78, 5) is 14.3. The first-order valence-corrected chi connectivity index (χ1v) is 15.7. The summed E-state index contributed by atoms with van der Waals surface area (Å²) in [5.74, 6) is -0.408.